The van der Waals surface area contributed by atoms with Gasteiger partial charge in [-0.2, -0.15) is 5.10 Å². The summed E-state index contributed by atoms with van der Waals surface area (Å²) < 4.78 is 0. The summed E-state index contributed by atoms with van der Waals surface area (Å²) in [6.45, 7) is 1.84. The Bertz CT molecular complexity index is 721. The maximum Gasteiger partial charge on any atom is 0.223 e. The molecular weight excluding hydrogens is 324 g/mol. The van der Waals surface area contributed by atoms with Gasteiger partial charge in [-0.15, -0.1) is 0 Å². The average molecular weight is 352 g/mol. The van der Waals surface area contributed by atoms with E-state index in [-0.39, 0.29) is 17.9 Å². The number of carbonyl (C=O) groups is 1. The number of carbonyl (C=O) groups excluding carboxylic acids is 1. The van der Waals surface area contributed by atoms with Gasteiger partial charge in [-0.3, -0.25) is 9.89 Å². The number of rotatable bonds is 4. The third-order valence-corrected chi connectivity index (χ3v) is 5.72. The normalized spacial score (nSPS) is 21.5. The molecule has 2 aromatic rings. The quantitative estimate of drug-likeness (QED) is 0.881. The highest BCUT2D eigenvalue weighted by atomic mass is 16.1. The van der Waals surface area contributed by atoms with E-state index < -0.39 is 0 Å². The largest absolute Gasteiger partial charge is 0.353 e. The predicted octanol–water partition coefficient (Wildman–Crippen LogP) is 3.74. The molecule has 2 fully saturated rings. The molecule has 1 saturated carbocycles. The van der Waals surface area contributed by atoms with Crippen LogP contribution in [0.1, 0.15) is 44.9 Å². The number of aromatic nitrogens is 2. The lowest BCUT2D eigenvalue weighted by Gasteiger charge is -2.34. The van der Waals surface area contributed by atoms with Crippen LogP contribution in [-0.4, -0.2) is 35.2 Å². The Balaban J connectivity index is 1.37. The zero-order valence-corrected chi connectivity index (χ0v) is 15.3. The summed E-state index contributed by atoms with van der Waals surface area (Å²) in [7, 11) is 0. The van der Waals surface area contributed by atoms with Gasteiger partial charge in [0.05, 0.1) is 5.69 Å². The van der Waals surface area contributed by atoms with Crippen molar-refractivity contribution in [2.75, 3.05) is 18.0 Å². The molecule has 2 heterocycles. The molecule has 0 bridgehead atoms. The van der Waals surface area contributed by atoms with Gasteiger partial charge in [-0.1, -0.05) is 49.6 Å². The molecule has 0 radical (unpaired) electrons. The van der Waals surface area contributed by atoms with Crippen molar-refractivity contribution in [3.05, 3.63) is 36.4 Å². The van der Waals surface area contributed by atoms with Crippen LogP contribution in [0.3, 0.4) is 0 Å². The topological polar surface area (TPSA) is 61.0 Å². The Morgan fingerprint density at radius 2 is 1.88 bits per heavy atom. The van der Waals surface area contributed by atoms with Gasteiger partial charge in [-0.25, -0.2) is 0 Å². The van der Waals surface area contributed by atoms with Crippen LogP contribution in [0, 0.1) is 5.92 Å². The van der Waals surface area contributed by atoms with E-state index in [1.807, 2.05) is 18.2 Å². The molecule has 5 nitrogen and oxygen atoms in total. The Hall–Kier alpha value is -2.30. The monoisotopic (exact) mass is 352 g/mol. The summed E-state index contributed by atoms with van der Waals surface area (Å²) in [5, 5.41) is 11.0. The van der Waals surface area contributed by atoms with Crippen LogP contribution in [0.2, 0.25) is 0 Å². The van der Waals surface area contributed by atoms with Crippen molar-refractivity contribution >= 4 is 11.7 Å². The molecule has 1 aromatic heterocycles. The van der Waals surface area contributed by atoms with E-state index in [0.717, 1.165) is 55.8 Å². The predicted molar refractivity (Wildman–Crippen MR) is 104 cm³/mol. The highest BCUT2D eigenvalue weighted by molar-refractivity contribution is 5.79. The summed E-state index contributed by atoms with van der Waals surface area (Å²) >= 11 is 0. The molecule has 1 aromatic carbocycles. The first-order valence-electron chi connectivity index (χ1n) is 9.96. The summed E-state index contributed by atoms with van der Waals surface area (Å²) in [6, 6.07) is 12.6. The van der Waals surface area contributed by atoms with Crippen LogP contribution >= 0.6 is 0 Å². The lowest BCUT2D eigenvalue weighted by molar-refractivity contribution is -0.126. The van der Waals surface area contributed by atoms with Gasteiger partial charge in [0.15, 0.2) is 5.82 Å². The lowest BCUT2D eigenvalue weighted by Crippen LogP contribution is -2.49. The number of hydrogen-bond donors (Lipinski definition) is 2. The minimum Gasteiger partial charge on any atom is -0.353 e. The number of benzene rings is 1. The van der Waals surface area contributed by atoms with Gasteiger partial charge in [0, 0.05) is 31.1 Å². The van der Waals surface area contributed by atoms with E-state index in [2.05, 4.69) is 38.6 Å². The zero-order chi connectivity index (χ0) is 17.8. The Labute approximate surface area is 155 Å². The molecule has 4 rings (SSSR count). The van der Waals surface area contributed by atoms with Gasteiger partial charge in [0.1, 0.15) is 0 Å². The molecule has 26 heavy (non-hydrogen) atoms. The minimum atomic E-state index is 0.231. The molecule has 2 N–H and O–H groups in total. The first kappa shape index (κ1) is 17.1. The number of aromatic amines is 1. The summed E-state index contributed by atoms with van der Waals surface area (Å²) in [5.41, 5.74) is 2.18. The highest BCUT2D eigenvalue weighted by Crippen LogP contribution is 2.26. The molecule has 138 valence electrons. The smallest absolute Gasteiger partial charge is 0.223 e. The third kappa shape index (κ3) is 3.92. The van der Waals surface area contributed by atoms with E-state index in [1.165, 1.54) is 19.3 Å². The lowest BCUT2D eigenvalue weighted by atomic mass is 9.88. The van der Waals surface area contributed by atoms with Crippen molar-refractivity contribution in [2.45, 2.75) is 51.0 Å². The number of hydrogen-bond acceptors (Lipinski definition) is 3. The van der Waals surface area contributed by atoms with Crippen molar-refractivity contribution < 1.29 is 4.79 Å². The Morgan fingerprint density at radius 1 is 1.08 bits per heavy atom. The zero-order valence-electron chi connectivity index (χ0n) is 15.3. The van der Waals surface area contributed by atoms with Crippen LogP contribution in [0.5, 0.6) is 0 Å². The fourth-order valence-corrected chi connectivity index (χ4v) is 4.23. The number of amides is 1. The molecule has 1 unspecified atom stereocenters. The summed E-state index contributed by atoms with van der Waals surface area (Å²) in [4.78, 5) is 14.8. The van der Waals surface area contributed by atoms with Crippen molar-refractivity contribution in [3.8, 4) is 11.3 Å². The van der Waals surface area contributed by atoms with Crippen molar-refractivity contribution in [3.63, 3.8) is 0 Å². The van der Waals surface area contributed by atoms with E-state index in [4.69, 9.17) is 0 Å². The Morgan fingerprint density at radius 3 is 2.69 bits per heavy atom. The highest BCUT2D eigenvalue weighted by Gasteiger charge is 2.27. The van der Waals surface area contributed by atoms with Crippen LogP contribution in [0.15, 0.2) is 36.4 Å². The van der Waals surface area contributed by atoms with Crippen molar-refractivity contribution in [2.24, 2.45) is 5.92 Å². The van der Waals surface area contributed by atoms with Gasteiger partial charge < -0.3 is 10.2 Å². The molecule has 1 atom stereocenters. The molecule has 1 saturated heterocycles. The third-order valence-electron chi connectivity index (χ3n) is 5.72. The number of nitrogens with one attached hydrogen (secondary N) is 2. The number of nitrogens with zero attached hydrogens (tertiary/aromatic N) is 2. The van der Waals surface area contributed by atoms with Gasteiger partial charge >= 0.3 is 0 Å². The van der Waals surface area contributed by atoms with Crippen LogP contribution < -0.4 is 10.2 Å². The summed E-state index contributed by atoms with van der Waals surface area (Å²) in [6.07, 6.45) is 7.94. The van der Waals surface area contributed by atoms with Crippen molar-refractivity contribution in [1.29, 1.82) is 0 Å². The van der Waals surface area contributed by atoms with Crippen LogP contribution in [0.25, 0.3) is 11.3 Å². The second kappa shape index (κ2) is 7.94. The van der Waals surface area contributed by atoms with Crippen LogP contribution in [0.4, 0.5) is 5.82 Å². The first-order chi connectivity index (χ1) is 12.8. The fourth-order valence-electron chi connectivity index (χ4n) is 4.23. The molecule has 1 amide bonds. The Kier molecular flexibility index (Phi) is 5.23. The van der Waals surface area contributed by atoms with Gasteiger partial charge in [0.2, 0.25) is 5.91 Å². The molecule has 0 spiro atoms. The molecule has 1 aliphatic carbocycles. The summed E-state index contributed by atoms with van der Waals surface area (Å²) in [5.74, 6) is 1.47. The van der Waals surface area contributed by atoms with E-state index >= 15 is 0 Å². The average Bonchev–Trinajstić information content (AvgIpc) is 3.20. The van der Waals surface area contributed by atoms with Gasteiger partial charge in [-0.05, 0) is 31.2 Å². The molecule has 2 aliphatic rings. The van der Waals surface area contributed by atoms with Crippen molar-refractivity contribution in [1.82, 2.24) is 15.5 Å². The molecule has 1 aliphatic heterocycles. The number of anilines is 1. The fraction of sp³-hybridized carbons (Fsp3) is 0.524. The van der Waals surface area contributed by atoms with E-state index in [9.17, 15) is 4.79 Å². The standard InChI is InChI=1S/C21H28N4O/c26-21(17-10-5-2-6-11-17)22-18-12-7-13-25(15-18)20-14-19(23-24-20)16-8-3-1-4-9-16/h1,3-4,8-9,14,17-18H,2,5-7,10-13,15H2,(H,22,26)(H,23,24). The van der Waals surface area contributed by atoms with E-state index in [0.29, 0.717) is 0 Å². The van der Waals surface area contributed by atoms with E-state index in [1.54, 1.807) is 0 Å². The molecular formula is C21H28N4O. The van der Waals surface area contributed by atoms with Gasteiger partial charge in [0.25, 0.3) is 0 Å². The second-order valence-corrected chi connectivity index (χ2v) is 7.63. The first-order valence-corrected chi connectivity index (χ1v) is 9.96. The maximum atomic E-state index is 12.5. The SMILES string of the molecule is O=C(NC1CCCN(c2cc(-c3ccccc3)[nH]n2)C1)C1CCCCC1. The second-order valence-electron chi connectivity index (χ2n) is 7.63. The van der Waals surface area contributed by atoms with Crippen LogP contribution in [-0.2, 0) is 4.79 Å². The maximum absolute atomic E-state index is 12.5. The minimum absolute atomic E-state index is 0.231. The number of H-pyrrole nitrogens is 1. The molecule has 5 heteroatoms. The number of piperidine rings is 1.